The molecule has 2 N–H and O–H groups in total. The van der Waals surface area contributed by atoms with E-state index in [1.807, 2.05) is 26.8 Å². The van der Waals surface area contributed by atoms with E-state index in [4.69, 9.17) is 21.1 Å². The van der Waals surface area contributed by atoms with E-state index in [9.17, 15) is 10.2 Å². The molecular weight excluding hydrogens is 292 g/mol. The van der Waals surface area contributed by atoms with Gasteiger partial charge in [-0.1, -0.05) is 18.5 Å². The van der Waals surface area contributed by atoms with Gasteiger partial charge in [0, 0.05) is 6.07 Å². The van der Waals surface area contributed by atoms with Crippen molar-refractivity contribution in [1.29, 1.82) is 0 Å². The Kier molecular flexibility index (Phi) is 7.86. The molecule has 120 valence electrons. The predicted octanol–water partition coefficient (Wildman–Crippen LogP) is 3.20. The quantitative estimate of drug-likeness (QED) is 0.734. The molecule has 0 radical (unpaired) electrons. The van der Waals surface area contributed by atoms with Crippen LogP contribution in [0.15, 0.2) is 12.1 Å². The van der Waals surface area contributed by atoms with E-state index in [1.54, 1.807) is 6.07 Å². The molecule has 2 atom stereocenters. The van der Waals surface area contributed by atoms with Gasteiger partial charge in [-0.05, 0) is 44.7 Å². The second-order valence-electron chi connectivity index (χ2n) is 4.84. The molecule has 21 heavy (non-hydrogen) atoms. The summed E-state index contributed by atoms with van der Waals surface area (Å²) in [6, 6.07) is 3.59. The summed E-state index contributed by atoms with van der Waals surface area (Å²) in [5.41, 5.74) is 0.910. The van der Waals surface area contributed by atoms with Gasteiger partial charge in [0.1, 0.15) is 11.5 Å². The molecule has 5 heteroatoms. The van der Waals surface area contributed by atoms with Gasteiger partial charge >= 0.3 is 0 Å². The van der Waals surface area contributed by atoms with Gasteiger partial charge in [-0.15, -0.1) is 0 Å². The van der Waals surface area contributed by atoms with Crippen LogP contribution in [0.1, 0.15) is 39.2 Å². The largest absolute Gasteiger partial charge is 0.493 e. The standard InChI is InChI=1S/C16H25ClO4/c1-4-13(18)14(19)8-7-11-9-12(17)16(21-6-3)10-15(11)20-5-2/h9-10,13-14,18-19H,4-8H2,1-3H3. The van der Waals surface area contributed by atoms with Crippen molar-refractivity contribution in [3.8, 4) is 11.5 Å². The highest BCUT2D eigenvalue weighted by molar-refractivity contribution is 6.32. The summed E-state index contributed by atoms with van der Waals surface area (Å²) in [5.74, 6) is 1.31. The molecule has 0 spiro atoms. The lowest BCUT2D eigenvalue weighted by Crippen LogP contribution is -2.25. The number of hydrogen-bond donors (Lipinski definition) is 2. The maximum Gasteiger partial charge on any atom is 0.141 e. The molecule has 0 aliphatic heterocycles. The Morgan fingerprint density at radius 3 is 2.19 bits per heavy atom. The van der Waals surface area contributed by atoms with E-state index in [-0.39, 0.29) is 0 Å². The van der Waals surface area contributed by atoms with Crippen LogP contribution in [0.3, 0.4) is 0 Å². The van der Waals surface area contributed by atoms with Crippen LogP contribution in [-0.2, 0) is 6.42 Å². The third kappa shape index (κ3) is 5.38. The fraction of sp³-hybridized carbons (Fsp3) is 0.625. The number of aliphatic hydroxyl groups excluding tert-OH is 2. The monoisotopic (exact) mass is 316 g/mol. The summed E-state index contributed by atoms with van der Waals surface area (Å²) in [7, 11) is 0. The fourth-order valence-electron chi connectivity index (χ4n) is 2.10. The Morgan fingerprint density at radius 2 is 1.62 bits per heavy atom. The molecule has 0 aliphatic carbocycles. The second-order valence-corrected chi connectivity index (χ2v) is 5.25. The average Bonchev–Trinajstić information content (AvgIpc) is 2.48. The maximum atomic E-state index is 9.86. The topological polar surface area (TPSA) is 58.9 Å². The van der Waals surface area contributed by atoms with Crippen molar-refractivity contribution >= 4 is 11.6 Å². The van der Waals surface area contributed by atoms with Crippen LogP contribution in [0.4, 0.5) is 0 Å². The van der Waals surface area contributed by atoms with Crippen LogP contribution in [0, 0.1) is 0 Å². The minimum atomic E-state index is -0.741. The van der Waals surface area contributed by atoms with Crippen molar-refractivity contribution in [1.82, 2.24) is 0 Å². The first-order valence-corrected chi connectivity index (χ1v) is 7.85. The van der Waals surface area contributed by atoms with Crippen LogP contribution in [-0.4, -0.2) is 35.6 Å². The first kappa shape index (κ1) is 18.1. The van der Waals surface area contributed by atoms with Gasteiger partial charge in [0.2, 0.25) is 0 Å². The Morgan fingerprint density at radius 1 is 1.00 bits per heavy atom. The second kappa shape index (κ2) is 9.13. The zero-order chi connectivity index (χ0) is 15.8. The Bertz CT molecular complexity index is 437. The van der Waals surface area contributed by atoms with Crippen LogP contribution in [0.25, 0.3) is 0 Å². The summed E-state index contributed by atoms with van der Waals surface area (Å²) < 4.78 is 11.1. The third-order valence-electron chi connectivity index (χ3n) is 3.29. The molecule has 1 aromatic carbocycles. The maximum absolute atomic E-state index is 9.86. The lowest BCUT2D eigenvalue weighted by Gasteiger charge is -2.18. The van der Waals surface area contributed by atoms with E-state index < -0.39 is 12.2 Å². The van der Waals surface area contributed by atoms with Gasteiger partial charge in [-0.25, -0.2) is 0 Å². The van der Waals surface area contributed by atoms with Gasteiger partial charge < -0.3 is 19.7 Å². The van der Waals surface area contributed by atoms with Gasteiger partial charge in [0.25, 0.3) is 0 Å². The molecular formula is C16H25ClO4. The van der Waals surface area contributed by atoms with Crippen molar-refractivity contribution in [2.45, 2.75) is 52.2 Å². The number of benzene rings is 1. The first-order chi connectivity index (χ1) is 10.0. The number of ether oxygens (including phenoxy) is 2. The average molecular weight is 317 g/mol. The summed E-state index contributed by atoms with van der Waals surface area (Å²) in [6.45, 7) is 6.72. The SMILES string of the molecule is CCOc1cc(OCC)c(CCC(O)C(O)CC)cc1Cl. The first-order valence-electron chi connectivity index (χ1n) is 7.47. The van der Waals surface area contributed by atoms with E-state index in [1.165, 1.54) is 0 Å². The summed E-state index contributed by atoms with van der Waals surface area (Å²) >= 11 is 6.19. The van der Waals surface area contributed by atoms with Crippen molar-refractivity contribution in [3.05, 3.63) is 22.7 Å². The number of aliphatic hydroxyl groups is 2. The Balaban J connectivity index is 2.86. The minimum absolute atomic E-state index is 0.458. The van der Waals surface area contributed by atoms with Crippen LogP contribution < -0.4 is 9.47 Å². The molecule has 0 aliphatic rings. The van der Waals surface area contributed by atoms with E-state index in [0.717, 1.165) is 5.56 Å². The summed E-state index contributed by atoms with van der Waals surface area (Å²) in [6.07, 6.45) is 0.135. The third-order valence-corrected chi connectivity index (χ3v) is 3.58. The van der Waals surface area contributed by atoms with Crippen molar-refractivity contribution in [3.63, 3.8) is 0 Å². The number of aryl methyl sites for hydroxylation is 1. The molecule has 4 nitrogen and oxygen atoms in total. The predicted molar refractivity (Wildman–Crippen MR) is 84.4 cm³/mol. The Labute approximate surface area is 131 Å². The fourth-order valence-corrected chi connectivity index (χ4v) is 2.34. The highest BCUT2D eigenvalue weighted by Crippen LogP contribution is 2.34. The van der Waals surface area contributed by atoms with Gasteiger partial charge in [0.15, 0.2) is 0 Å². The molecule has 0 saturated carbocycles. The molecule has 0 aromatic heterocycles. The molecule has 0 fully saturated rings. The van der Waals surface area contributed by atoms with Crippen molar-refractivity contribution in [2.75, 3.05) is 13.2 Å². The lowest BCUT2D eigenvalue weighted by atomic mass is 10.0. The van der Waals surface area contributed by atoms with E-state index >= 15 is 0 Å². The molecule has 0 saturated heterocycles. The number of halogens is 1. The van der Waals surface area contributed by atoms with Crippen LogP contribution >= 0.6 is 11.6 Å². The lowest BCUT2D eigenvalue weighted by molar-refractivity contribution is 0.0130. The van der Waals surface area contributed by atoms with Gasteiger partial charge in [-0.2, -0.15) is 0 Å². The molecule has 1 rings (SSSR count). The summed E-state index contributed by atoms with van der Waals surface area (Å²) in [5, 5.41) is 20.0. The van der Waals surface area contributed by atoms with Crippen LogP contribution in [0.5, 0.6) is 11.5 Å². The minimum Gasteiger partial charge on any atom is -0.493 e. The van der Waals surface area contributed by atoms with Crippen LogP contribution in [0.2, 0.25) is 5.02 Å². The molecule has 2 unspecified atom stereocenters. The highest BCUT2D eigenvalue weighted by Gasteiger charge is 2.16. The molecule has 1 aromatic rings. The van der Waals surface area contributed by atoms with Gasteiger partial charge in [-0.3, -0.25) is 0 Å². The smallest absolute Gasteiger partial charge is 0.141 e. The van der Waals surface area contributed by atoms with Crippen molar-refractivity contribution < 1.29 is 19.7 Å². The van der Waals surface area contributed by atoms with E-state index in [0.29, 0.717) is 49.0 Å². The molecule has 0 amide bonds. The Hall–Kier alpha value is -0.970. The number of hydrogen-bond acceptors (Lipinski definition) is 4. The number of rotatable bonds is 9. The summed E-state index contributed by atoms with van der Waals surface area (Å²) in [4.78, 5) is 0. The van der Waals surface area contributed by atoms with Crippen molar-refractivity contribution in [2.24, 2.45) is 0 Å². The zero-order valence-electron chi connectivity index (χ0n) is 12.9. The van der Waals surface area contributed by atoms with E-state index in [2.05, 4.69) is 0 Å². The highest BCUT2D eigenvalue weighted by atomic mass is 35.5. The normalized spacial score (nSPS) is 13.8. The zero-order valence-corrected chi connectivity index (χ0v) is 13.7. The molecule has 0 bridgehead atoms. The molecule has 0 heterocycles. The van der Waals surface area contributed by atoms with Gasteiger partial charge in [0.05, 0.1) is 30.4 Å².